The van der Waals surface area contributed by atoms with E-state index in [0.29, 0.717) is 6.04 Å². The van der Waals surface area contributed by atoms with Gasteiger partial charge >= 0.3 is 0 Å². The van der Waals surface area contributed by atoms with Gasteiger partial charge in [0.25, 0.3) is 0 Å². The number of hydrogen-bond acceptors (Lipinski definition) is 2. The quantitative estimate of drug-likeness (QED) is 0.533. The summed E-state index contributed by atoms with van der Waals surface area (Å²) in [4.78, 5) is 2.29. The van der Waals surface area contributed by atoms with Gasteiger partial charge < -0.3 is 10.2 Å². The lowest BCUT2D eigenvalue weighted by Gasteiger charge is -2.24. The molecule has 0 radical (unpaired) electrons. The molecule has 0 aliphatic rings. The molecule has 1 unspecified atom stereocenters. The number of likely N-dealkylation sites (N-methyl/N-ethyl adjacent to an activating group) is 1. The lowest BCUT2D eigenvalue weighted by atomic mass is 10.0. The molecule has 0 rings (SSSR count). The van der Waals surface area contributed by atoms with E-state index in [9.17, 15) is 0 Å². The maximum absolute atomic E-state index is 3.73. The minimum Gasteiger partial charge on any atom is -0.313 e. The molecule has 18 heavy (non-hydrogen) atoms. The van der Waals surface area contributed by atoms with Gasteiger partial charge in [-0.2, -0.15) is 0 Å². The molecule has 0 fully saturated rings. The lowest BCUT2D eigenvalue weighted by Crippen LogP contribution is -2.39. The Morgan fingerprint density at radius 2 is 1.56 bits per heavy atom. The maximum Gasteiger partial charge on any atom is 0.0197 e. The SMILES string of the molecule is CCCCCCCCNC(CC(C)C)CN(C)C. The van der Waals surface area contributed by atoms with Crippen LogP contribution in [0.1, 0.15) is 65.7 Å². The van der Waals surface area contributed by atoms with Gasteiger partial charge in [-0.15, -0.1) is 0 Å². The predicted octanol–water partition coefficient (Wildman–Crippen LogP) is 3.91. The summed E-state index contributed by atoms with van der Waals surface area (Å²) < 4.78 is 0. The normalized spacial score (nSPS) is 13.5. The van der Waals surface area contributed by atoms with E-state index in [1.807, 2.05) is 0 Å². The Kier molecular flexibility index (Phi) is 11.9. The first kappa shape index (κ1) is 17.9. The van der Waals surface area contributed by atoms with Crippen molar-refractivity contribution in [1.29, 1.82) is 0 Å². The molecule has 0 spiro atoms. The molecule has 0 aliphatic carbocycles. The number of rotatable bonds is 12. The summed E-state index contributed by atoms with van der Waals surface area (Å²) in [6, 6.07) is 0.663. The first-order valence-electron chi connectivity index (χ1n) is 7.94. The fourth-order valence-corrected chi connectivity index (χ4v) is 2.44. The average Bonchev–Trinajstić information content (AvgIpc) is 2.26. The van der Waals surface area contributed by atoms with E-state index in [0.717, 1.165) is 12.5 Å². The molecule has 1 atom stereocenters. The number of nitrogens with one attached hydrogen (secondary N) is 1. The highest BCUT2D eigenvalue weighted by molar-refractivity contribution is 4.71. The maximum atomic E-state index is 3.73. The number of hydrogen-bond donors (Lipinski definition) is 1. The summed E-state index contributed by atoms with van der Waals surface area (Å²) in [5, 5.41) is 3.73. The van der Waals surface area contributed by atoms with Crippen LogP contribution in [0.2, 0.25) is 0 Å². The second-order valence-corrected chi connectivity index (χ2v) is 6.31. The summed E-state index contributed by atoms with van der Waals surface area (Å²) >= 11 is 0. The summed E-state index contributed by atoms with van der Waals surface area (Å²) in [5.41, 5.74) is 0. The van der Waals surface area contributed by atoms with E-state index in [-0.39, 0.29) is 0 Å². The van der Waals surface area contributed by atoms with E-state index in [1.54, 1.807) is 0 Å². The van der Waals surface area contributed by atoms with E-state index < -0.39 is 0 Å². The van der Waals surface area contributed by atoms with E-state index in [2.05, 4.69) is 45.1 Å². The predicted molar refractivity (Wildman–Crippen MR) is 83.2 cm³/mol. The molecule has 1 N–H and O–H groups in total. The van der Waals surface area contributed by atoms with Crippen molar-refractivity contribution in [3.05, 3.63) is 0 Å². The number of unbranched alkanes of at least 4 members (excludes halogenated alkanes) is 5. The van der Waals surface area contributed by atoms with Gasteiger partial charge in [0.15, 0.2) is 0 Å². The van der Waals surface area contributed by atoms with Gasteiger partial charge in [-0.3, -0.25) is 0 Å². The summed E-state index contributed by atoms with van der Waals surface area (Å²) in [6.07, 6.45) is 9.60. The zero-order chi connectivity index (χ0) is 13.8. The fraction of sp³-hybridized carbons (Fsp3) is 1.00. The van der Waals surface area contributed by atoms with Crippen molar-refractivity contribution in [3.63, 3.8) is 0 Å². The minimum atomic E-state index is 0.663. The summed E-state index contributed by atoms with van der Waals surface area (Å²) in [6.45, 7) is 9.26. The third-order valence-electron chi connectivity index (χ3n) is 3.30. The molecule has 0 aromatic heterocycles. The molecule has 0 aliphatic heterocycles. The Bertz CT molecular complexity index is 156. The van der Waals surface area contributed by atoms with Crippen LogP contribution < -0.4 is 5.32 Å². The highest BCUT2D eigenvalue weighted by Crippen LogP contribution is 2.07. The van der Waals surface area contributed by atoms with Crippen LogP contribution in [0.15, 0.2) is 0 Å². The van der Waals surface area contributed by atoms with Gasteiger partial charge in [-0.25, -0.2) is 0 Å². The average molecular weight is 256 g/mol. The molecular weight excluding hydrogens is 220 g/mol. The van der Waals surface area contributed by atoms with E-state index in [1.165, 1.54) is 51.5 Å². The molecule has 0 bridgehead atoms. The number of nitrogens with zero attached hydrogens (tertiary/aromatic N) is 1. The van der Waals surface area contributed by atoms with Crippen LogP contribution in [0.25, 0.3) is 0 Å². The van der Waals surface area contributed by atoms with Gasteiger partial charge in [0.2, 0.25) is 0 Å². The third kappa shape index (κ3) is 12.4. The van der Waals surface area contributed by atoms with Gasteiger partial charge in [-0.05, 0) is 39.4 Å². The Morgan fingerprint density at radius 3 is 2.11 bits per heavy atom. The van der Waals surface area contributed by atoms with Crippen molar-refractivity contribution in [2.45, 2.75) is 71.8 Å². The molecule has 2 nitrogen and oxygen atoms in total. The van der Waals surface area contributed by atoms with Gasteiger partial charge in [0, 0.05) is 12.6 Å². The van der Waals surface area contributed by atoms with Crippen LogP contribution in [-0.4, -0.2) is 38.1 Å². The van der Waals surface area contributed by atoms with Crippen LogP contribution in [0.4, 0.5) is 0 Å². The van der Waals surface area contributed by atoms with Crippen molar-refractivity contribution in [2.24, 2.45) is 5.92 Å². The van der Waals surface area contributed by atoms with Crippen molar-refractivity contribution >= 4 is 0 Å². The molecule has 0 saturated heterocycles. The molecule has 0 aromatic carbocycles. The second-order valence-electron chi connectivity index (χ2n) is 6.31. The Morgan fingerprint density at radius 1 is 0.944 bits per heavy atom. The van der Waals surface area contributed by atoms with Crippen LogP contribution in [0.5, 0.6) is 0 Å². The molecule has 0 saturated carbocycles. The fourth-order valence-electron chi connectivity index (χ4n) is 2.44. The molecule has 0 heterocycles. The molecule has 2 heteroatoms. The molecule has 0 aromatic rings. The molecule has 0 amide bonds. The van der Waals surface area contributed by atoms with Crippen LogP contribution in [0, 0.1) is 5.92 Å². The van der Waals surface area contributed by atoms with Gasteiger partial charge in [0.1, 0.15) is 0 Å². The van der Waals surface area contributed by atoms with Crippen molar-refractivity contribution in [2.75, 3.05) is 27.2 Å². The Balaban J connectivity index is 3.56. The van der Waals surface area contributed by atoms with E-state index in [4.69, 9.17) is 0 Å². The Hall–Kier alpha value is -0.0800. The summed E-state index contributed by atoms with van der Waals surface area (Å²) in [7, 11) is 4.33. The largest absolute Gasteiger partial charge is 0.313 e. The van der Waals surface area contributed by atoms with Crippen LogP contribution in [-0.2, 0) is 0 Å². The van der Waals surface area contributed by atoms with E-state index >= 15 is 0 Å². The van der Waals surface area contributed by atoms with Crippen LogP contribution in [0.3, 0.4) is 0 Å². The standard InChI is InChI=1S/C16H36N2/c1-6-7-8-9-10-11-12-17-16(13-15(2)3)14-18(4)5/h15-17H,6-14H2,1-5H3. The first-order chi connectivity index (χ1) is 8.56. The highest BCUT2D eigenvalue weighted by Gasteiger charge is 2.10. The highest BCUT2D eigenvalue weighted by atomic mass is 15.1. The first-order valence-corrected chi connectivity index (χ1v) is 7.94. The minimum absolute atomic E-state index is 0.663. The Labute approximate surface area is 116 Å². The molecular formula is C16H36N2. The van der Waals surface area contributed by atoms with Gasteiger partial charge in [-0.1, -0.05) is 52.9 Å². The topological polar surface area (TPSA) is 15.3 Å². The summed E-state index contributed by atoms with van der Waals surface area (Å²) in [5.74, 6) is 0.784. The lowest BCUT2D eigenvalue weighted by molar-refractivity contribution is 0.304. The molecule has 110 valence electrons. The van der Waals surface area contributed by atoms with Crippen molar-refractivity contribution in [1.82, 2.24) is 10.2 Å². The smallest absolute Gasteiger partial charge is 0.0197 e. The zero-order valence-electron chi connectivity index (χ0n) is 13.5. The van der Waals surface area contributed by atoms with Crippen molar-refractivity contribution in [3.8, 4) is 0 Å². The van der Waals surface area contributed by atoms with Crippen molar-refractivity contribution < 1.29 is 0 Å². The van der Waals surface area contributed by atoms with Crippen LogP contribution >= 0.6 is 0 Å². The monoisotopic (exact) mass is 256 g/mol. The zero-order valence-corrected chi connectivity index (χ0v) is 13.5. The second kappa shape index (κ2) is 12.0. The van der Waals surface area contributed by atoms with Gasteiger partial charge in [0.05, 0.1) is 0 Å². The third-order valence-corrected chi connectivity index (χ3v) is 3.30.